The highest BCUT2D eigenvalue weighted by Crippen LogP contribution is 2.42. The molecule has 0 radical (unpaired) electrons. The number of nitrogens with zero attached hydrogens (tertiary/aromatic N) is 4. The molecular weight excluding hydrogens is 304 g/mol. The summed E-state index contributed by atoms with van der Waals surface area (Å²) in [6, 6.07) is 0. The van der Waals surface area contributed by atoms with Gasteiger partial charge < -0.3 is 25.8 Å². The molecule has 0 saturated carbocycles. The van der Waals surface area contributed by atoms with Gasteiger partial charge in [-0.15, -0.1) is 11.8 Å². The molecule has 0 bridgehead atoms. The zero-order valence-electron chi connectivity index (χ0n) is 12.3. The van der Waals surface area contributed by atoms with Crippen molar-refractivity contribution in [3.63, 3.8) is 0 Å². The molecule has 3 heterocycles. The minimum Gasteiger partial charge on any atom is -0.395 e. The highest BCUT2D eigenvalue weighted by Gasteiger charge is 2.35. The van der Waals surface area contributed by atoms with E-state index < -0.39 is 6.10 Å². The molecule has 1 aliphatic heterocycles. The van der Waals surface area contributed by atoms with E-state index in [2.05, 4.69) is 27.2 Å². The van der Waals surface area contributed by atoms with Crippen LogP contribution < -0.4 is 11.1 Å². The highest BCUT2D eigenvalue weighted by molar-refractivity contribution is 8.00. The second-order valence-electron chi connectivity index (χ2n) is 5.30. The monoisotopic (exact) mass is 324 g/mol. The normalized spacial score (nSPS) is 25.0. The Morgan fingerprint density at radius 1 is 1.50 bits per heavy atom. The van der Waals surface area contributed by atoms with Gasteiger partial charge in [-0.2, -0.15) is 9.97 Å². The highest BCUT2D eigenvalue weighted by atomic mass is 32.2. The van der Waals surface area contributed by atoms with Crippen molar-refractivity contribution < 1.29 is 10.2 Å². The molecular formula is C13H20N6O2S. The lowest BCUT2D eigenvalue weighted by Crippen LogP contribution is -2.20. The van der Waals surface area contributed by atoms with E-state index in [0.29, 0.717) is 23.4 Å². The second-order valence-corrected chi connectivity index (χ2v) is 6.72. The third-order valence-corrected chi connectivity index (χ3v) is 5.22. The summed E-state index contributed by atoms with van der Waals surface area (Å²) in [7, 11) is 0. The Bertz CT molecular complexity index is 663. The van der Waals surface area contributed by atoms with E-state index >= 15 is 0 Å². The van der Waals surface area contributed by atoms with Gasteiger partial charge in [-0.1, -0.05) is 6.92 Å². The van der Waals surface area contributed by atoms with Crippen LogP contribution in [0.2, 0.25) is 0 Å². The lowest BCUT2D eigenvalue weighted by molar-refractivity contribution is 0.138. The minimum atomic E-state index is -0.533. The first kappa shape index (κ1) is 15.3. The van der Waals surface area contributed by atoms with Gasteiger partial charge in [0.25, 0.3) is 0 Å². The zero-order chi connectivity index (χ0) is 15.7. The van der Waals surface area contributed by atoms with E-state index in [-0.39, 0.29) is 23.2 Å². The smallest absolute Gasteiger partial charge is 0.224 e. The summed E-state index contributed by atoms with van der Waals surface area (Å²) in [6.07, 6.45) is 2.67. The van der Waals surface area contributed by atoms with Crippen LogP contribution in [0.3, 0.4) is 0 Å². The first-order valence-electron chi connectivity index (χ1n) is 7.32. The number of rotatable bonds is 5. The Morgan fingerprint density at radius 2 is 2.32 bits per heavy atom. The molecule has 120 valence electrons. The summed E-state index contributed by atoms with van der Waals surface area (Å²) in [6.45, 7) is 2.80. The third kappa shape index (κ3) is 2.71. The van der Waals surface area contributed by atoms with E-state index in [9.17, 15) is 10.2 Å². The third-order valence-electron chi connectivity index (χ3n) is 3.68. The number of hydrogen-bond acceptors (Lipinski definition) is 8. The number of aliphatic hydroxyl groups is 2. The van der Waals surface area contributed by atoms with Crippen molar-refractivity contribution in [3.05, 3.63) is 6.33 Å². The molecule has 5 N–H and O–H groups in total. The van der Waals surface area contributed by atoms with E-state index in [1.54, 1.807) is 6.33 Å². The fourth-order valence-corrected chi connectivity index (χ4v) is 3.94. The van der Waals surface area contributed by atoms with Gasteiger partial charge in [0, 0.05) is 13.0 Å². The van der Waals surface area contributed by atoms with Crippen LogP contribution in [-0.2, 0) is 0 Å². The zero-order valence-corrected chi connectivity index (χ0v) is 13.1. The van der Waals surface area contributed by atoms with Gasteiger partial charge in [0.15, 0.2) is 17.0 Å². The molecule has 8 nitrogen and oxygen atoms in total. The van der Waals surface area contributed by atoms with Crippen LogP contribution in [0.5, 0.6) is 0 Å². The van der Waals surface area contributed by atoms with Gasteiger partial charge in [-0.3, -0.25) is 0 Å². The van der Waals surface area contributed by atoms with Crippen LogP contribution in [0.25, 0.3) is 11.2 Å². The molecule has 0 aliphatic carbocycles. The van der Waals surface area contributed by atoms with E-state index in [0.717, 1.165) is 13.0 Å². The van der Waals surface area contributed by atoms with Crippen molar-refractivity contribution in [1.82, 2.24) is 19.5 Å². The first-order chi connectivity index (χ1) is 10.6. The van der Waals surface area contributed by atoms with Crippen LogP contribution in [0, 0.1) is 0 Å². The lowest BCUT2D eigenvalue weighted by atomic mass is 10.2. The molecule has 2 aromatic rings. The lowest BCUT2D eigenvalue weighted by Gasteiger charge is -2.12. The first-order valence-corrected chi connectivity index (χ1v) is 8.26. The average Bonchev–Trinajstić information content (AvgIpc) is 3.07. The summed E-state index contributed by atoms with van der Waals surface area (Å²) in [5.74, 6) is 0.820. The largest absolute Gasteiger partial charge is 0.395 e. The molecule has 1 aliphatic rings. The van der Waals surface area contributed by atoms with Crippen molar-refractivity contribution in [2.24, 2.45) is 0 Å². The maximum absolute atomic E-state index is 9.97. The molecule has 0 aromatic carbocycles. The SMILES string of the molecule is CCCNc1nc(N)nc2c1ncn2[C@H]1C[C@H](O)[C@@H](CO)S1. The molecule has 1 fully saturated rings. The van der Waals surface area contributed by atoms with Gasteiger partial charge in [0.05, 0.1) is 29.7 Å². The number of aromatic nitrogens is 4. The second kappa shape index (κ2) is 6.27. The number of nitrogens with two attached hydrogens (primary N) is 1. The summed E-state index contributed by atoms with van der Waals surface area (Å²) in [5, 5.41) is 22.3. The Hall–Kier alpha value is -1.58. The number of fused-ring (bicyclic) bond motifs is 1. The molecule has 22 heavy (non-hydrogen) atoms. The standard InChI is InChI=1S/C13H20N6O2S/c1-2-3-15-11-10-12(18-13(14)17-11)19(6-16-10)9-4-7(21)8(5-20)22-9/h6-9,20-21H,2-5H2,1H3,(H3,14,15,17,18)/t7-,8+,9+/m0/s1. The van der Waals surface area contributed by atoms with Crippen LogP contribution in [0.15, 0.2) is 6.33 Å². The maximum Gasteiger partial charge on any atom is 0.224 e. The van der Waals surface area contributed by atoms with Crippen LogP contribution in [-0.4, -0.2) is 54.2 Å². The van der Waals surface area contributed by atoms with Crippen LogP contribution in [0.1, 0.15) is 25.1 Å². The summed E-state index contributed by atoms with van der Waals surface area (Å²) >= 11 is 1.52. The number of anilines is 2. The van der Waals surface area contributed by atoms with Gasteiger partial charge in [-0.05, 0) is 6.42 Å². The Morgan fingerprint density at radius 3 is 3.00 bits per heavy atom. The average molecular weight is 324 g/mol. The van der Waals surface area contributed by atoms with E-state index in [1.165, 1.54) is 11.8 Å². The number of hydrogen-bond donors (Lipinski definition) is 4. The molecule has 3 atom stereocenters. The van der Waals surface area contributed by atoms with Crippen molar-refractivity contribution in [2.75, 3.05) is 24.2 Å². The number of aliphatic hydroxyl groups excluding tert-OH is 2. The van der Waals surface area contributed by atoms with Gasteiger partial charge >= 0.3 is 0 Å². The molecule has 0 unspecified atom stereocenters. The summed E-state index contributed by atoms with van der Waals surface area (Å²) in [4.78, 5) is 12.9. The Kier molecular flexibility index (Phi) is 4.37. The van der Waals surface area contributed by atoms with Crippen molar-refractivity contribution in [3.8, 4) is 0 Å². The van der Waals surface area contributed by atoms with Crippen LogP contribution >= 0.6 is 11.8 Å². The molecule has 1 saturated heterocycles. The fraction of sp³-hybridized carbons (Fsp3) is 0.615. The number of thioether (sulfide) groups is 1. The Labute approximate surface area is 132 Å². The number of imidazole rings is 1. The Balaban J connectivity index is 1.96. The van der Waals surface area contributed by atoms with Crippen molar-refractivity contribution >= 4 is 34.7 Å². The predicted octanol–water partition coefficient (Wildman–Crippen LogP) is 0.588. The minimum absolute atomic E-state index is 0.0227. The van der Waals surface area contributed by atoms with E-state index in [4.69, 9.17) is 5.73 Å². The molecule has 3 rings (SSSR count). The molecule has 0 spiro atoms. The van der Waals surface area contributed by atoms with E-state index in [1.807, 2.05) is 4.57 Å². The summed E-state index contributed by atoms with van der Waals surface area (Å²) in [5.41, 5.74) is 7.12. The predicted molar refractivity (Wildman–Crippen MR) is 86.6 cm³/mol. The van der Waals surface area contributed by atoms with Crippen molar-refractivity contribution in [1.29, 1.82) is 0 Å². The summed E-state index contributed by atoms with van der Waals surface area (Å²) < 4.78 is 1.90. The molecule has 0 amide bonds. The fourth-order valence-electron chi connectivity index (χ4n) is 2.56. The molecule has 2 aromatic heterocycles. The maximum atomic E-state index is 9.97. The number of nitrogens with one attached hydrogen (secondary N) is 1. The van der Waals surface area contributed by atoms with Crippen LogP contribution in [0.4, 0.5) is 11.8 Å². The van der Waals surface area contributed by atoms with Gasteiger partial charge in [0.1, 0.15) is 0 Å². The van der Waals surface area contributed by atoms with Gasteiger partial charge in [0.2, 0.25) is 5.95 Å². The quantitative estimate of drug-likeness (QED) is 0.630. The number of nitrogen functional groups attached to an aromatic ring is 1. The van der Waals surface area contributed by atoms with Crippen molar-refractivity contribution in [2.45, 2.75) is 36.5 Å². The molecule has 9 heteroatoms. The van der Waals surface area contributed by atoms with Gasteiger partial charge in [-0.25, -0.2) is 4.98 Å². The topological polar surface area (TPSA) is 122 Å².